The highest BCUT2D eigenvalue weighted by molar-refractivity contribution is 6.03. The summed E-state index contributed by atoms with van der Waals surface area (Å²) in [5, 5.41) is 12.6. The Morgan fingerprint density at radius 2 is 1.07 bits per heavy atom. The number of H-pyrrole nitrogens is 2. The number of fused-ring (bicyclic) bond motifs is 9. The second-order valence-corrected chi connectivity index (χ2v) is 12.3. The van der Waals surface area contributed by atoms with E-state index >= 15 is 0 Å². The Bertz CT molecular complexity index is 2370. The molecule has 44 heavy (non-hydrogen) atoms. The van der Waals surface area contributed by atoms with Crippen molar-refractivity contribution in [3.63, 3.8) is 0 Å². The van der Waals surface area contributed by atoms with E-state index < -0.39 is 0 Å². The van der Waals surface area contributed by atoms with Gasteiger partial charge in [0.05, 0.1) is 39.9 Å². The van der Waals surface area contributed by atoms with Gasteiger partial charge in [-0.2, -0.15) is 5.26 Å². The first kappa shape index (κ1) is 27.6. The molecule has 5 heterocycles. The molecule has 2 aliphatic rings. The van der Waals surface area contributed by atoms with Gasteiger partial charge in [0.25, 0.3) is 0 Å². The minimum Gasteiger partial charge on any atom is -0.355 e. The van der Waals surface area contributed by atoms with E-state index in [0.717, 1.165) is 89.0 Å². The Balaban J connectivity index is 1.74. The second kappa shape index (κ2) is 9.92. The highest BCUT2D eigenvalue weighted by Gasteiger charge is 2.23. The molecule has 0 atom stereocenters. The normalized spacial score (nSPS) is 13.2. The lowest BCUT2D eigenvalue weighted by molar-refractivity contribution is 1.28. The van der Waals surface area contributed by atoms with Crippen LogP contribution in [0.15, 0.2) is 54.6 Å². The molecule has 8 bridgehead atoms. The molecule has 5 aromatic rings. The Morgan fingerprint density at radius 1 is 0.568 bits per heavy atom. The first-order chi connectivity index (χ1) is 21.1. The Morgan fingerprint density at radius 3 is 1.66 bits per heavy atom. The van der Waals surface area contributed by atoms with Crippen molar-refractivity contribution >= 4 is 55.1 Å². The number of allylic oxidation sites excluding steroid dienone is 4. The molecule has 5 heteroatoms. The van der Waals surface area contributed by atoms with Crippen molar-refractivity contribution in [2.75, 3.05) is 0 Å². The number of nitrogens with zero attached hydrogens (tertiary/aromatic N) is 3. The molecule has 2 N–H and O–H groups in total. The van der Waals surface area contributed by atoms with Crippen molar-refractivity contribution in [2.24, 2.45) is 0 Å². The minimum absolute atomic E-state index is 0.626. The molecule has 0 saturated carbocycles. The molecule has 0 spiro atoms. The Kier molecular flexibility index (Phi) is 6.23. The number of hydrogen-bond acceptors (Lipinski definition) is 3. The summed E-state index contributed by atoms with van der Waals surface area (Å²) >= 11 is 0. The number of hydrogen-bond donors (Lipinski definition) is 2. The van der Waals surface area contributed by atoms with Crippen LogP contribution < -0.4 is 0 Å². The maximum absolute atomic E-state index is 10.4. The van der Waals surface area contributed by atoms with Crippen molar-refractivity contribution in [3.05, 3.63) is 105 Å². The van der Waals surface area contributed by atoms with Crippen molar-refractivity contribution in [1.82, 2.24) is 19.9 Å². The third-order valence-corrected chi connectivity index (χ3v) is 9.95. The van der Waals surface area contributed by atoms with Crippen LogP contribution in [0.4, 0.5) is 0 Å². The lowest BCUT2D eigenvalue weighted by atomic mass is 9.92. The molecule has 216 valence electrons. The Hall–Kier alpha value is -5.21. The van der Waals surface area contributed by atoms with Crippen molar-refractivity contribution in [3.8, 4) is 17.2 Å². The molecular formula is C39H35N5. The van der Waals surface area contributed by atoms with E-state index in [0.29, 0.717) is 5.56 Å². The molecule has 7 rings (SSSR count). The van der Waals surface area contributed by atoms with Gasteiger partial charge in [0.2, 0.25) is 0 Å². The van der Waals surface area contributed by atoms with E-state index in [-0.39, 0.29) is 0 Å². The molecular weight excluding hydrogens is 538 g/mol. The number of aromatic amines is 2. The topological polar surface area (TPSA) is 81.1 Å². The summed E-state index contributed by atoms with van der Waals surface area (Å²) in [6.07, 6.45) is 0. The van der Waals surface area contributed by atoms with Crippen LogP contribution in [0.1, 0.15) is 78.3 Å². The molecule has 0 unspecified atom stereocenters. The lowest BCUT2D eigenvalue weighted by Crippen LogP contribution is -1.93. The third kappa shape index (κ3) is 4.06. The first-order valence-electron chi connectivity index (χ1n) is 15.1. The molecule has 5 nitrogen and oxygen atoms in total. The van der Waals surface area contributed by atoms with Gasteiger partial charge in [-0.25, -0.2) is 9.97 Å². The van der Waals surface area contributed by atoms with Gasteiger partial charge in [0, 0.05) is 27.7 Å². The molecule has 0 aliphatic carbocycles. The number of nitrogens with one attached hydrogen (secondary N) is 2. The van der Waals surface area contributed by atoms with E-state index in [1.165, 1.54) is 22.3 Å². The van der Waals surface area contributed by atoms with Gasteiger partial charge in [-0.05, 0) is 141 Å². The molecule has 0 radical (unpaired) electrons. The van der Waals surface area contributed by atoms with E-state index in [1.807, 2.05) is 18.2 Å². The predicted molar refractivity (Wildman–Crippen MR) is 184 cm³/mol. The van der Waals surface area contributed by atoms with E-state index in [9.17, 15) is 5.26 Å². The monoisotopic (exact) mass is 573 g/mol. The zero-order valence-corrected chi connectivity index (χ0v) is 26.5. The van der Waals surface area contributed by atoms with Gasteiger partial charge in [-0.15, -0.1) is 0 Å². The summed E-state index contributed by atoms with van der Waals surface area (Å²) in [6, 6.07) is 21.4. The van der Waals surface area contributed by atoms with Gasteiger partial charge < -0.3 is 9.97 Å². The first-order valence-corrected chi connectivity index (χ1v) is 15.1. The van der Waals surface area contributed by atoms with Crippen LogP contribution in [0.5, 0.6) is 0 Å². The number of rotatable bonds is 1. The van der Waals surface area contributed by atoms with Crippen LogP contribution in [0.25, 0.3) is 66.3 Å². The van der Waals surface area contributed by atoms with Gasteiger partial charge in [0.1, 0.15) is 0 Å². The number of aromatic nitrogens is 4. The molecule has 0 amide bonds. The molecule has 0 saturated heterocycles. The third-order valence-electron chi connectivity index (χ3n) is 9.95. The van der Waals surface area contributed by atoms with Crippen LogP contribution in [0, 0.1) is 39.0 Å². The molecule has 2 aliphatic heterocycles. The number of nitriles is 1. The largest absolute Gasteiger partial charge is 0.355 e. The van der Waals surface area contributed by atoms with Crippen LogP contribution in [-0.4, -0.2) is 19.9 Å². The SMILES string of the molecule is CC1=C(C)c2cc3[nH]c(c(C)c3C)c(-c3cc4ccccc4cc3C#N)c3nc(cc4[nH]c(cc1n2)c(C)c4C)C(C)=C3C. The van der Waals surface area contributed by atoms with Gasteiger partial charge >= 0.3 is 0 Å². The fourth-order valence-electron chi connectivity index (χ4n) is 6.47. The van der Waals surface area contributed by atoms with Crippen LogP contribution in [-0.2, 0) is 0 Å². The number of benzene rings is 2. The summed E-state index contributed by atoms with van der Waals surface area (Å²) in [7, 11) is 0. The highest BCUT2D eigenvalue weighted by Crippen LogP contribution is 2.41. The fourth-order valence-corrected chi connectivity index (χ4v) is 6.47. The molecule has 2 aromatic carbocycles. The smallest absolute Gasteiger partial charge is 0.0998 e. The fraction of sp³-hybridized carbons (Fsp3) is 0.205. The lowest BCUT2D eigenvalue weighted by Gasteiger charge is -2.11. The molecule has 0 fully saturated rings. The standard InChI is InChI=1S/C39H35N5/c1-19-21(3)33-16-35-23(5)25(7)38(43-35)37(30-14-28-12-10-9-11-27(28)13-29(30)18-40)39-26(8)24(6)36(44-39)17-34-22(4)20(2)32(42-34)15-31(19)41-33/h9-17,41,44H,1-8H3. The van der Waals surface area contributed by atoms with Crippen LogP contribution >= 0.6 is 0 Å². The van der Waals surface area contributed by atoms with Gasteiger partial charge in [-0.3, -0.25) is 0 Å². The summed E-state index contributed by atoms with van der Waals surface area (Å²) in [4.78, 5) is 17.9. The van der Waals surface area contributed by atoms with Crippen LogP contribution in [0.2, 0.25) is 0 Å². The second-order valence-electron chi connectivity index (χ2n) is 12.3. The van der Waals surface area contributed by atoms with E-state index in [2.05, 4.69) is 108 Å². The average molecular weight is 574 g/mol. The van der Waals surface area contributed by atoms with E-state index in [4.69, 9.17) is 9.97 Å². The van der Waals surface area contributed by atoms with E-state index in [1.54, 1.807) is 0 Å². The zero-order chi connectivity index (χ0) is 31.0. The van der Waals surface area contributed by atoms with Crippen molar-refractivity contribution < 1.29 is 0 Å². The van der Waals surface area contributed by atoms with Crippen molar-refractivity contribution in [1.29, 1.82) is 5.26 Å². The summed E-state index contributed by atoms with van der Waals surface area (Å²) in [5.41, 5.74) is 19.5. The van der Waals surface area contributed by atoms with Crippen molar-refractivity contribution in [2.45, 2.75) is 55.4 Å². The van der Waals surface area contributed by atoms with Crippen LogP contribution in [0.3, 0.4) is 0 Å². The average Bonchev–Trinajstić information content (AvgIpc) is 3.65. The summed E-state index contributed by atoms with van der Waals surface area (Å²) < 4.78 is 0. The summed E-state index contributed by atoms with van der Waals surface area (Å²) in [5.74, 6) is 0. The maximum atomic E-state index is 10.4. The van der Waals surface area contributed by atoms with Gasteiger partial charge in [0.15, 0.2) is 0 Å². The summed E-state index contributed by atoms with van der Waals surface area (Å²) in [6.45, 7) is 17.2. The quantitative estimate of drug-likeness (QED) is 0.209. The highest BCUT2D eigenvalue weighted by atomic mass is 14.8. The Labute approximate surface area is 257 Å². The zero-order valence-electron chi connectivity index (χ0n) is 26.5. The maximum Gasteiger partial charge on any atom is 0.0998 e. The molecule has 3 aromatic heterocycles. The van der Waals surface area contributed by atoms with Gasteiger partial charge in [-0.1, -0.05) is 24.3 Å². The minimum atomic E-state index is 0.626. The predicted octanol–water partition coefficient (Wildman–Crippen LogP) is 10.1. The number of aryl methyl sites for hydroxylation is 4.